The summed E-state index contributed by atoms with van der Waals surface area (Å²) >= 11 is 0. The van der Waals surface area contributed by atoms with Crippen LogP contribution in [0, 0.1) is 5.82 Å². The van der Waals surface area contributed by atoms with Gasteiger partial charge in [0.2, 0.25) is 5.91 Å². The van der Waals surface area contributed by atoms with Gasteiger partial charge < -0.3 is 19.3 Å². The highest BCUT2D eigenvalue weighted by Crippen LogP contribution is 2.38. The summed E-state index contributed by atoms with van der Waals surface area (Å²) in [7, 11) is 0. The predicted molar refractivity (Wildman–Crippen MR) is 122 cm³/mol. The van der Waals surface area contributed by atoms with Crippen LogP contribution in [0.25, 0.3) is 0 Å². The van der Waals surface area contributed by atoms with E-state index in [1.807, 2.05) is 43.0 Å². The molecular weight excluding hydrogens is 423 g/mol. The smallest absolute Gasteiger partial charge is 0.263 e. The Hall–Kier alpha value is -2.93. The van der Waals surface area contributed by atoms with E-state index >= 15 is 0 Å². The van der Waals surface area contributed by atoms with Crippen LogP contribution in [-0.2, 0) is 20.7 Å². The molecular formula is C26H31FN2O4. The first kappa shape index (κ1) is 23.2. The van der Waals surface area contributed by atoms with Crippen LogP contribution in [0.15, 0.2) is 42.5 Å². The number of benzene rings is 2. The molecule has 6 nitrogen and oxygen atoms in total. The zero-order valence-electron chi connectivity index (χ0n) is 19.3. The van der Waals surface area contributed by atoms with Crippen molar-refractivity contribution in [3.63, 3.8) is 0 Å². The van der Waals surface area contributed by atoms with Gasteiger partial charge in [-0.25, -0.2) is 4.39 Å². The van der Waals surface area contributed by atoms with Gasteiger partial charge >= 0.3 is 0 Å². The lowest BCUT2D eigenvalue weighted by atomic mass is 9.87. The second-order valence-electron chi connectivity index (χ2n) is 8.46. The van der Waals surface area contributed by atoms with Gasteiger partial charge in [-0.3, -0.25) is 9.59 Å². The van der Waals surface area contributed by atoms with E-state index in [1.54, 1.807) is 11.0 Å². The molecule has 0 N–H and O–H groups in total. The van der Waals surface area contributed by atoms with Crippen LogP contribution in [-0.4, -0.2) is 60.6 Å². The number of halogens is 1. The summed E-state index contributed by atoms with van der Waals surface area (Å²) in [4.78, 5) is 29.3. The SMILES string of the molecule is CCC(=O)N1CCc2ccc(O[C@H](CC)C(=O)N3CCOCC3)cc2[C@H]1c1cccc(F)c1. The molecule has 0 aliphatic carbocycles. The summed E-state index contributed by atoms with van der Waals surface area (Å²) in [5, 5.41) is 0. The van der Waals surface area contributed by atoms with Crippen LogP contribution in [0.4, 0.5) is 4.39 Å². The third kappa shape index (κ3) is 5.03. The molecule has 7 heteroatoms. The van der Waals surface area contributed by atoms with Crippen molar-refractivity contribution in [2.45, 2.75) is 45.3 Å². The van der Waals surface area contributed by atoms with Crippen molar-refractivity contribution in [3.8, 4) is 5.75 Å². The fourth-order valence-electron chi connectivity index (χ4n) is 4.63. The number of rotatable bonds is 6. The van der Waals surface area contributed by atoms with E-state index in [1.165, 1.54) is 12.1 Å². The molecule has 2 aliphatic heterocycles. The molecule has 2 aromatic rings. The van der Waals surface area contributed by atoms with Gasteiger partial charge in [-0.1, -0.05) is 32.0 Å². The number of hydrogen-bond donors (Lipinski definition) is 0. The first-order chi connectivity index (χ1) is 16.0. The van der Waals surface area contributed by atoms with E-state index in [4.69, 9.17) is 9.47 Å². The Morgan fingerprint density at radius 3 is 2.61 bits per heavy atom. The first-order valence-corrected chi connectivity index (χ1v) is 11.7. The highest BCUT2D eigenvalue weighted by molar-refractivity contribution is 5.81. The van der Waals surface area contributed by atoms with Crippen LogP contribution in [0.1, 0.15) is 49.4 Å². The normalized spacial score (nSPS) is 19.1. The number of morpholine rings is 1. The van der Waals surface area contributed by atoms with Gasteiger partial charge in [0.05, 0.1) is 19.3 Å². The van der Waals surface area contributed by atoms with Crippen molar-refractivity contribution < 1.29 is 23.5 Å². The highest BCUT2D eigenvalue weighted by Gasteiger charge is 2.33. The van der Waals surface area contributed by atoms with Crippen molar-refractivity contribution in [3.05, 3.63) is 65.0 Å². The molecule has 4 rings (SSSR count). The average molecular weight is 455 g/mol. The summed E-state index contributed by atoms with van der Waals surface area (Å²) in [6, 6.07) is 11.8. The van der Waals surface area contributed by atoms with Crippen molar-refractivity contribution in [2.24, 2.45) is 0 Å². The summed E-state index contributed by atoms with van der Waals surface area (Å²) in [5.74, 6) is 0.227. The predicted octanol–water partition coefficient (Wildman–Crippen LogP) is 3.73. The highest BCUT2D eigenvalue weighted by atomic mass is 19.1. The van der Waals surface area contributed by atoms with E-state index in [9.17, 15) is 14.0 Å². The Bertz CT molecular complexity index is 1010. The molecule has 2 aliphatic rings. The fraction of sp³-hybridized carbons (Fsp3) is 0.462. The molecule has 0 aromatic heterocycles. The number of nitrogens with zero attached hydrogens (tertiary/aromatic N) is 2. The number of ether oxygens (including phenoxy) is 2. The van der Waals surface area contributed by atoms with Gasteiger partial charge in [0, 0.05) is 26.1 Å². The standard InChI is InChI=1S/C26H31FN2O4/c1-3-23(26(31)28-12-14-32-15-13-28)33-21-9-8-18-10-11-29(24(30)4-2)25(22(18)17-21)19-6-5-7-20(27)16-19/h5-9,16-17,23,25H,3-4,10-15H2,1-2H3/t23-,25-/m1/s1. The van der Waals surface area contributed by atoms with E-state index in [2.05, 4.69) is 0 Å². The number of amides is 2. The molecule has 176 valence electrons. The van der Waals surface area contributed by atoms with E-state index < -0.39 is 12.1 Å². The van der Waals surface area contributed by atoms with Gasteiger partial charge in [-0.05, 0) is 53.8 Å². The minimum atomic E-state index is -0.592. The van der Waals surface area contributed by atoms with Crippen LogP contribution < -0.4 is 4.74 Å². The number of hydrogen-bond acceptors (Lipinski definition) is 4. The van der Waals surface area contributed by atoms with Crippen LogP contribution >= 0.6 is 0 Å². The Labute approximate surface area is 194 Å². The molecule has 2 heterocycles. The molecule has 2 aromatic carbocycles. The average Bonchev–Trinajstić information content (AvgIpc) is 2.86. The second-order valence-corrected chi connectivity index (χ2v) is 8.46. The van der Waals surface area contributed by atoms with Gasteiger partial charge in [0.1, 0.15) is 11.6 Å². The number of carbonyl (C=O) groups is 2. The maximum absolute atomic E-state index is 14.1. The Balaban J connectivity index is 1.65. The van der Waals surface area contributed by atoms with Crippen LogP contribution in [0.5, 0.6) is 5.75 Å². The molecule has 0 spiro atoms. The van der Waals surface area contributed by atoms with Crippen molar-refractivity contribution >= 4 is 11.8 Å². The summed E-state index contributed by atoms with van der Waals surface area (Å²) in [6.07, 6.45) is 1.05. The molecule has 0 radical (unpaired) electrons. The van der Waals surface area contributed by atoms with Crippen molar-refractivity contribution in [1.29, 1.82) is 0 Å². The molecule has 2 amide bonds. The third-order valence-electron chi connectivity index (χ3n) is 6.38. The maximum atomic E-state index is 14.1. The topological polar surface area (TPSA) is 59.1 Å². The van der Waals surface area contributed by atoms with E-state index in [-0.39, 0.29) is 17.6 Å². The van der Waals surface area contributed by atoms with Crippen molar-refractivity contribution in [1.82, 2.24) is 9.80 Å². The van der Waals surface area contributed by atoms with E-state index in [0.717, 1.165) is 23.1 Å². The third-order valence-corrected chi connectivity index (χ3v) is 6.38. The lowest BCUT2D eigenvalue weighted by molar-refractivity contribution is -0.143. The summed E-state index contributed by atoms with van der Waals surface area (Å²) in [6.45, 7) is 6.56. The monoisotopic (exact) mass is 454 g/mol. The fourth-order valence-corrected chi connectivity index (χ4v) is 4.63. The number of carbonyl (C=O) groups excluding carboxylic acids is 2. The first-order valence-electron chi connectivity index (χ1n) is 11.7. The zero-order valence-corrected chi connectivity index (χ0v) is 19.3. The quantitative estimate of drug-likeness (QED) is 0.668. The molecule has 0 unspecified atom stereocenters. The van der Waals surface area contributed by atoms with Gasteiger partial charge in [0.15, 0.2) is 6.10 Å². The van der Waals surface area contributed by atoms with Gasteiger partial charge in [-0.15, -0.1) is 0 Å². The maximum Gasteiger partial charge on any atom is 0.263 e. The molecule has 0 saturated carbocycles. The van der Waals surface area contributed by atoms with Crippen LogP contribution in [0.3, 0.4) is 0 Å². The van der Waals surface area contributed by atoms with Crippen LogP contribution in [0.2, 0.25) is 0 Å². The molecule has 33 heavy (non-hydrogen) atoms. The van der Waals surface area contributed by atoms with Gasteiger partial charge in [0.25, 0.3) is 5.91 Å². The lowest BCUT2D eigenvalue weighted by Gasteiger charge is -2.38. The molecule has 1 fully saturated rings. The Morgan fingerprint density at radius 2 is 1.91 bits per heavy atom. The Kier molecular flexibility index (Phi) is 7.28. The van der Waals surface area contributed by atoms with Crippen molar-refractivity contribution in [2.75, 3.05) is 32.8 Å². The minimum absolute atomic E-state index is 0.0233. The van der Waals surface area contributed by atoms with E-state index in [0.29, 0.717) is 51.4 Å². The molecule has 2 atom stereocenters. The summed E-state index contributed by atoms with van der Waals surface area (Å²) in [5.41, 5.74) is 2.75. The van der Waals surface area contributed by atoms with Gasteiger partial charge in [-0.2, -0.15) is 0 Å². The molecule has 0 bridgehead atoms. The Morgan fingerprint density at radius 1 is 1.12 bits per heavy atom. The minimum Gasteiger partial charge on any atom is -0.481 e. The lowest BCUT2D eigenvalue weighted by Crippen LogP contribution is -2.47. The largest absolute Gasteiger partial charge is 0.481 e. The second kappa shape index (κ2) is 10.3. The molecule has 1 saturated heterocycles. The number of fused-ring (bicyclic) bond motifs is 1. The summed E-state index contributed by atoms with van der Waals surface area (Å²) < 4.78 is 25.6. The zero-order chi connectivity index (χ0) is 23.4.